The molecule has 0 aromatic rings. The summed E-state index contributed by atoms with van der Waals surface area (Å²) in [4.78, 5) is 34.1. The summed E-state index contributed by atoms with van der Waals surface area (Å²) in [6, 6.07) is 0. The first kappa shape index (κ1) is 17.9. The van der Waals surface area contributed by atoms with Crippen LogP contribution in [0.1, 0.15) is 0 Å². The minimum Gasteiger partial charge on any atom is -0.789 e. The Kier molecular flexibility index (Phi) is 8.99. The summed E-state index contributed by atoms with van der Waals surface area (Å²) in [6.45, 7) is 0. The van der Waals surface area contributed by atoms with Crippen LogP contribution in [0, 0.1) is 0 Å². The van der Waals surface area contributed by atoms with Gasteiger partial charge < -0.3 is 30.3 Å². The molecule has 0 aliphatic heterocycles. The van der Waals surface area contributed by atoms with Gasteiger partial charge in [0.25, 0.3) is 0 Å². The first-order valence-corrected chi connectivity index (χ1v) is 4.49. The molecule has 11 heteroatoms. The Balaban J connectivity index is -0.000000320. The minimum atomic E-state index is -5.55. The molecule has 0 spiro atoms. The van der Waals surface area contributed by atoms with Gasteiger partial charge >= 0.3 is 28.9 Å². The quantitative estimate of drug-likeness (QED) is 0.461. The fourth-order valence-corrected chi connectivity index (χ4v) is 1.17. The van der Waals surface area contributed by atoms with Gasteiger partial charge in [0.1, 0.15) is 0 Å². The van der Waals surface area contributed by atoms with Crippen LogP contribution in [0.5, 0.6) is 0 Å². The topological polar surface area (TPSA) is 165 Å². The maximum absolute atomic E-state index is 9.55. The Labute approximate surface area is 76.3 Å². The summed E-state index contributed by atoms with van der Waals surface area (Å²) in [5.74, 6) is 0. The third-order valence-corrected chi connectivity index (χ3v) is 1.86. The molecule has 0 amide bonds. The molecule has 72 valence electrons. The van der Waals surface area contributed by atoms with Gasteiger partial charge in [-0.15, -0.1) is 0 Å². The van der Waals surface area contributed by atoms with E-state index in [4.69, 9.17) is 9.79 Å². The Morgan fingerprint density at radius 2 is 1.45 bits per heavy atom. The van der Waals surface area contributed by atoms with E-state index in [0.29, 0.717) is 0 Å². The maximum atomic E-state index is 9.55. The smallest absolute Gasteiger partial charge is 0.789 e. The van der Waals surface area contributed by atoms with Gasteiger partial charge in [0.2, 0.25) is 0 Å². The van der Waals surface area contributed by atoms with E-state index < -0.39 is 15.6 Å². The molecule has 0 aromatic carbocycles. The molecule has 0 atom stereocenters. The fourth-order valence-electron chi connectivity index (χ4n) is 0.130. The van der Waals surface area contributed by atoms with Crippen molar-refractivity contribution in [2.75, 3.05) is 0 Å². The molecule has 0 aliphatic rings. The summed E-state index contributed by atoms with van der Waals surface area (Å²) in [6.07, 6.45) is 0. The van der Waals surface area contributed by atoms with Crippen molar-refractivity contribution >= 4 is 15.6 Å². The predicted molar refractivity (Wildman–Crippen MR) is 25.8 cm³/mol. The zero-order chi connectivity index (χ0) is 7.71. The van der Waals surface area contributed by atoms with Crippen molar-refractivity contribution < 1.29 is 54.1 Å². The molecule has 0 fully saturated rings. The van der Waals surface area contributed by atoms with Crippen LogP contribution in [0.3, 0.4) is 0 Å². The van der Waals surface area contributed by atoms with Gasteiger partial charge in [0.15, 0.2) is 0 Å². The average molecular weight is 388 g/mol. The van der Waals surface area contributed by atoms with Crippen molar-refractivity contribution in [2.45, 2.75) is 0 Å². The largest absolute Gasteiger partial charge is 2.00 e. The van der Waals surface area contributed by atoms with Crippen molar-refractivity contribution in [2.24, 2.45) is 0 Å². The van der Waals surface area contributed by atoms with Crippen molar-refractivity contribution in [1.82, 2.24) is 6.15 Å². The van der Waals surface area contributed by atoms with Gasteiger partial charge in [-0.25, -0.2) is 4.57 Å². The summed E-state index contributed by atoms with van der Waals surface area (Å²) in [5, 5.41) is 0. The number of phosphoric acid groups is 2. The first-order chi connectivity index (χ1) is 3.71. The Morgan fingerprint density at radius 1 is 1.18 bits per heavy atom. The zero-order valence-electron chi connectivity index (χ0n) is 4.85. The van der Waals surface area contributed by atoms with Gasteiger partial charge in [-0.05, 0) is 0 Å². The van der Waals surface area contributed by atoms with E-state index in [0.717, 1.165) is 0 Å². The molecule has 0 aromatic heterocycles. The molecular formula is H5NO7P2Pt. The van der Waals surface area contributed by atoms with E-state index in [1.54, 1.807) is 0 Å². The molecule has 0 heterocycles. The number of hydrogen-bond acceptors (Lipinski definition) is 6. The average Bonchev–Trinajstić information content (AvgIpc) is 1.14. The summed E-state index contributed by atoms with van der Waals surface area (Å²) < 4.78 is 21.7. The van der Waals surface area contributed by atoms with Crippen molar-refractivity contribution in [3.63, 3.8) is 0 Å². The Morgan fingerprint density at radius 3 is 1.45 bits per heavy atom. The molecule has 0 saturated heterocycles. The Bertz CT molecular complexity index is 157. The molecule has 11 heavy (non-hydrogen) atoms. The standard InChI is InChI=1S/H3N.H4O7P2.Pt/c;1-8(2,3)7-9(4,5)6;/h1H3;(H2,1,2,3)(H2,4,5,6);/q;;+2/p-2. The SMILES string of the molecule is N.O=P([O-])([O-])OP(=O)(O)O.[Pt+2]. The van der Waals surface area contributed by atoms with E-state index in [1.165, 1.54) is 0 Å². The van der Waals surface area contributed by atoms with E-state index in [9.17, 15) is 18.9 Å². The Hall–Kier alpha value is 0.908. The minimum absolute atomic E-state index is 0. The fraction of sp³-hybridized carbons (Fsp3) is 0. The van der Waals surface area contributed by atoms with E-state index >= 15 is 0 Å². The second-order valence-electron chi connectivity index (χ2n) is 1.02. The van der Waals surface area contributed by atoms with E-state index in [-0.39, 0.29) is 27.2 Å². The van der Waals surface area contributed by atoms with Gasteiger partial charge in [-0.1, -0.05) is 0 Å². The first-order valence-electron chi connectivity index (χ1n) is 1.50. The van der Waals surface area contributed by atoms with Crippen LogP contribution in [0.15, 0.2) is 0 Å². The summed E-state index contributed by atoms with van der Waals surface area (Å²) >= 11 is 0. The van der Waals surface area contributed by atoms with E-state index in [1.807, 2.05) is 0 Å². The molecule has 5 N–H and O–H groups in total. The zero-order valence-corrected chi connectivity index (χ0v) is 8.91. The van der Waals surface area contributed by atoms with Crippen LogP contribution >= 0.6 is 15.6 Å². The molecule has 8 nitrogen and oxygen atoms in total. The van der Waals surface area contributed by atoms with Crippen LogP contribution in [-0.2, 0) is 34.5 Å². The monoisotopic (exact) mass is 388 g/mol. The van der Waals surface area contributed by atoms with Crippen molar-refractivity contribution in [1.29, 1.82) is 0 Å². The molecule has 0 radical (unpaired) electrons. The van der Waals surface area contributed by atoms with Crippen LogP contribution in [-0.4, -0.2) is 9.79 Å². The second kappa shape index (κ2) is 5.54. The van der Waals surface area contributed by atoms with Gasteiger partial charge in [-0.3, -0.25) is 4.31 Å². The summed E-state index contributed by atoms with van der Waals surface area (Å²) in [7, 11) is -10.7. The summed E-state index contributed by atoms with van der Waals surface area (Å²) in [5.41, 5.74) is 0. The van der Waals surface area contributed by atoms with Gasteiger partial charge in [-0.2, -0.15) is 0 Å². The number of rotatable bonds is 2. The van der Waals surface area contributed by atoms with Crippen molar-refractivity contribution in [3.05, 3.63) is 0 Å². The second-order valence-corrected chi connectivity index (χ2v) is 3.55. The van der Waals surface area contributed by atoms with Gasteiger partial charge in [0.05, 0.1) is 7.82 Å². The van der Waals surface area contributed by atoms with Crippen LogP contribution in [0.4, 0.5) is 0 Å². The molecule has 0 aliphatic carbocycles. The molecular weight excluding hydrogens is 383 g/mol. The third-order valence-electron chi connectivity index (χ3n) is 0.206. The normalized spacial score (nSPS) is 11.3. The van der Waals surface area contributed by atoms with Crippen LogP contribution in [0.2, 0.25) is 0 Å². The van der Waals surface area contributed by atoms with Crippen LogP contribution in [0.25, 0.3) is 0 Å². The van der Waals surface area contributed by atoms with Crippen molar-refractivity contribution in [3.8, 4) is 0 Å². The van der Waals surface area contributed by atoms with Crippen LogP contribution < -0.4 is 15.9 Å². The third kappa shape index (κ3) is 18.1. The predicted octanol–water partition coefficient (Wildman–Crippen LogP) is -1.92. The number of hydrogen-bond donors (Lipinski definition) is 3. The molecule has 0 unspecified atom stereocenters. The van der Waals surface area contributed by atoms with Gasteiger partial charge in [0, 0.05) is 0 Å². The molecule has 0 rings (SSSR count). The molecule has 0 bridgehead atoms. The molecule has 0 saturated carbocycles. The maximum Gasteiger partial charge on any atom is 2.00 e. The van der Waals surface area contributed by atoms with E-state index in [2.05, 4.69) is 4.31 Å².